The molecule has 0 saturated carbocycles. The van der Waals surface area contributed by atoms with Crippen LogP contribution in [0.2, 0.25) is 0 Å². The number of carboxylic acid groups (broad SMARTS) is 1. The number of aryl methyl sites for hydroxylation is 1. The van der Waals surface area contributed by atoms with Gasteiger partial charge in [-0.15, -0.1) is 11.8 Å². The third-order valence-electron chi connectivity index (χ3n) is 2.54. The van der Waals surface area contributed by atoms with Crippen LogP contribution in [0.4, 0.5) is 0 Å². The average molecular weight is 268 g/mol. The molecule has 1 N–H and O–H groups in total. The molecule has 0 aliphatic heterocycles. The van der Waals surface area contributed by atoms with E-state index >= 15 is 0 Å². The number of carboxylic acids is 1. The van der Waals surface area contributed by atoms with Crippen molar-refractivity contribution in [1.29, 1.82) is 0 Å². The van der Waals surface area contributed by atoms with Crippen LogP contribution in [0.3, 0.4) is 0 Å². The van der Waals surface area contributed by atoms with Gasteiger partial charge in [-0.2, -0.15) is 0 Å². The van der Waals surface area contributed by atoms with Gasteiger partial charge in [0, 0.05) is 5.92 Å². The van der Waals surface area contributed by atoms with Crippen molar-refractivity contribution in [3.63, 3.8) is 0 Å². The zero-order valence-corrected chi connectivity index (χ0v) is 12.2. The average Bonchev–Trinajstić information content (AvgIpc) is 2.27. The summed E-state index contributed by atoms with van der Waals surface area (Å²) in [6.45, 7) is 7.87. The molecule has 0 aliphatic carbocycles. The second-order valence-corrected chi connectivity index (χ2v) is 5.59. The Bertz CT molecular complexity index is 433. The van der Waals surface area contributed by atoms with E-state index in [0.717, 1.165) is 24.4 Å². The summed E-state index contributed by atoms with van der Waals surface area (Å²) in [4.78, 5) is 19.9. The fourth-order valence-electron chi connectivity index (χ4n) is 1.49. The van der Waals surface area contributed by atoms with Crippen LogP contribution in [-0.2, 0) is 0 Å². The monoisotopic (exact) mass is 268 g/mol. The molecule has 4 nitrogen and oxygen atoms in total. The van der Waals surface area contributed by atoms with Crippen LogP contribution in [0.15, 0.2) is 5.03 Å². The van der Waals surface area contributed by atoms with E-state index in [1.54, 1.807) is 6.92 Å². The van der Waals surface area contributed by atoms with Gasteiger partial charge in [0.25, 0.3) is 0 Å². The van der Waals surface area contributed by atoms with Crippen LogP contribution in [0.5, 0.6) is 0 Å². The maximum absolute atomic E-state index is 11.3. The van der Waals surface area contributed by atoms with Crippen molar-refractivity contribution in [3.8, 4) is 0 Å². The maximum atomic E-state index is 11.3. The van der Waals surface area contributed by atoms with E-state index in [-0.39, 0.29) is 11.5 Å². The van der Waals surface area contributed by atoms with Gasteiger partial charge >= 0.3 is 5.97 Å². The van der Waals surface area contributed by atoms with E-state index in [1.165, 1.54) is 11.8 Å². The Labute approximate surface area is 112 Å². The minimum Gasteiger partial charge on any atom is -0.478 e. The lowest BCUT2D eigenvalue weighted by Gasteiger charge is -2.11. The Balaban J connectivity index is 3.12. The third-order valence-corrected chi connectivity index (χ3v) is 3.60. The zero-order chi connectivity index (χ0) is 13.7. The normalized spacial score (nSPS) is 10.9. The van der Waals surface area contributed by atoms with Crippen LogP contribution < -0.4 is 0 Å². The van der Waals surface area contributed by atoms with Crippen LogP contribution in [0.1, 0.15) is 61.4 Å². The summed E-state index contributed by atoms with van der Waals surface area (Å²) >= 11 is 1.51. The van der Waals surface area contributed by atoms with E-state index in [2.05, 4.69) is 16.9 Å². The second kappa shape index (κ2) is 6.73. The fraction of sp³-hybridized carbons (Fsp3) is 0.615. The summed E-state index contributed by atoms with van der Waals surface area (Å²) in [5.41, 5.74) is 0.806. The van der Waals surface area contributed by atoms with Crippen LogP contribution in [0, 0.1) is 6.92 Å². The summed E-state index contributed by atoms with van der Waals surface area (Å²) in [6.07, 6.45) is 2.15. The molecule has 1 rings (SSSR count). The Morgan fingerprint density at radius 3 is 2.56 bits per heavy atom. The van der Waals surface area contributed by atoms with Gasteiger partial charge < -0.3 is 5.11 Å². The molecule has 0 unspecified atom stereocenters. The Kier molecular flexibility index (Phi) is 5.59. The first-order valence-electron chi connectivity index (χ1n) is 6.22. The number of hydrogen-bond donors (Lipinski definition) is 1. The molecule has 5 heteroatoms. The van der Waals surface area contributed by atoms with Crippen LogP contribution in [-0.4, -0.2) is 26.8 Å². The number of hydrogen-bond acceptors (Lipinski definition) is 4. The zero-order valence-electron chi connectivity index (χ0n) is 11.4. The molecule has 0 atom stereocenters. The highest BCUT2D eigenvalue weighted by molar-refractivity contribution is 7.99. The highest BCUT2D eigenvalue weighted by Crippen LogP contribution is 2.25. The van der Waals surface area contributed by atoms with Gasteiger partial charge in [0.05, 0.1) is 5.69 Å². The van der Waals surface area contributed by atoms with Gasteiger partial charge in [0.1, 0.15) is 16.4 Å². The molecule has 0 spiro atoms. The van der Waals surface area contributed by atoms with E-state index in [4.69, 9.17) is 0 Å². The molecular formula is C13H20N2O2S. The molecule has 0 aromatic carbocycles. The lowest BCUT2D eigenvalue weighted by Crippen LogP contribution is -2.10. The van der Waals surface area contributed by atoms with Crippen molar-refractivity contribution < 1.29 is 9.90 Å². The van der Waals surface area contributed by atoms with Crippen LogP contribution in [0.25, 0.3) is 0 Å². The predicted molar refractivity (Wildman–Crippen MR) is 73.4 cm³/mol. The van der Waals surface area contributed by atoms with Crippen molar-refractivity contribution in [3.05, 3.63) is 17.1 Å². The molecule has 1 aromatic heterocycles. The fourth-order valence-corrected chi connectivity index (χ4v) is 2.65. The first-order valence-corrected chi connectivity index (χ1v) is 7.20. The lowest BCUT2D eigenvalue weighted by molar-refractivity contribution is 0.0690. The highest BCUT2D eigenvalue weighted by Gasteiger charge is 2.19. The maximum Gasteiger partial charge on any atom is 0.340 e. The smallest absolute Gasteiger partial charge is 0.340 e. The van der Waals surface area contributed by atoms with Gasteiger partial charge in [0.2, 0.25) is 0 Å². The van der Waals surface area contributed by atoms with E-state index < -0.39 is 5.97 Å². The van der Waals surface area contributed by atoms with Gasteiger partial charge in [-0.05, 0) is 19.1 Å². The minimum atomic E-state index is -0.943. The first kappa shape index (κ1) is 15.0. The Morgan fingerprint density at radius 1 is 1.39 bits per heavy atom. The van der Waals surface area contributed by atoms with E-state index in [0.29, 0.717) is 10.7 Å². The quantitative estimate of drug-likeness (QED) is 0.486. The summed E-state index contributed by atoms with van der Waals surface area (Å²) in [7, 11) is 0. The predicted octanol–water partition coefficient (Wildman–Crippen LogP) is 3.50. The molecule has 1 aromatic rings. The number of nitrogens with zero attached hydrogens (tertiary/aromatic N) is 2. The van der Waals surface area contributed by atoms with Gasteiger partial charge in [-0.3, -0.25) is 0 Å². The summed E-state index contributed by atoms with van der Waals surface area (Å²) in [5.74, 6) is 0.875. The second-order valence-electron chi connectivity index (χ2n) is 4.51. The highest BCUT2D eigenvalue weighted by atomic mass is 32.2. The molecule has 0 radical (unpaired) electrons. The lowest BCUT2D eigenvalue weighted by atomic mass is 10.2. The SMILES string of the molecule is CCCCSc1nc(C(C)C)nc(C)c1C(=O)O. The number of thioether (sulfide) groups is 1. The Morgan fingerprint density at radius 2 is 2.06 bits per heavy atom. The summed E-state index contributed by atoms with van der Waals surface area (Å²) in [6, 6.07) is 0. The minimum absolute atomic E-state index is 0.206. The van der Waals surface area contributed by atoms with Gasteiger partial charge in [-0.25, -0.2) is 14.8 Å². The first-order chi connectivity index (χ1) is 8.47. The van der Waals surface area contributed by atoms with E-state index in [9.17, 15) is 9.90 Å². The van der Waals surface area contributed by atoms with Gasteiger partial charge in [-0.1, -0.05) is 27.2 Å². The van der Waals surface area contributed by atoms with Crippen LogP contribution >= 0.6 is 11.8 Å². The molecule has 0 saturated heterocycles. The number of rotatable bonds is 6. The third kappa shape index (κ3) is 3.70. The van der Waals surface area contributed by atoms with Crippen molar-refractivity contribution in [2.75, 3.05) is 5.75 Å². The molecule has 0 bridgehead atoms. The largest absolute Gasteiger partial charge is 0.478 e. The Hall–Kier alpha value is -1.10. The standard InChI is InChI=1S/C13H20N2O2S/c1-5-6-7-18-12-10(13(16)17)9(4)14-11(15-12)8(2)3/h8H,5-7H2,1-4H3,(H,16,17). The van der Waals surface area contributed by atoms with E-state index in [1.807, 2.05) is 13.8 Å². The summed E-state index contributed by atoms with van der Waals surface area (Å²) < 4.78 is 0. The topological polar surface area (TPSA) is 63.1 Å². The van der Waals surface area contributed by atoms with Gasteiger partial charge in [0.15, 0.2) is 0 Å². The van der Waals surface area contributed by atoms with Crippen molar-refractivity contribution in [1.82, 2.24) is 9.97 Å². The number of carbonyl (C=O) groups is 1. The van der Waals surface area contributed by atoms with Crippen molar-refractivity contribution in [2.45, 2.75) is 51.5 Å². The molecule has 0 aliphatic rings. The molecular weight excluding hydrogens is 248 g/mol. The number of aromatic nitrogens is 2. The number of aromatic carboxylic acids is 1. The summed E-state index contributed by atoms with van der Waals surface area (Å²) in [5, 5.41) is 9.84. The molecule has 0 fully saturated rings. The molecule has 1 heterocycles. The number of unbranched alkanes of at least 4 members (excludes halogenated alkanes) is 1. The molecule has 18 heavy (non-hydrogen) atoms. The van der Waals surface area contributed by atoms with Crippen molar-refractivity contribution in [2.24, 2.45) is 0 Å². The molecule has 0 amide bonds. The van der Waals surface area contributed by atoms with Crippen molar-refractivity contribution >= 4 is 17.7 Å². The molecule has 100 valence electrons.